The molecule has 4 aromatic rings. The van der Waals surface area contributed by atoms with E-state index in [0.29, 0.717) is 5.69 Å². The molecular formula is C20H22N6O. The second kappa shape index (κ2) is 6.37. The van der Waals surface area contributed by atoms with E-state index < -0.39 is 6.10 Å². The quantitative estimate of drug-likeness (QED) is 0.584. The normalized spacial score (nSPS) is 15.9. The number of nitrogens with one attached hydrogen (secondary N) is 1. The zero-order valence-electron chi connectivity index (χ0n) is 15.2. The van der Waals surface area contributed by atoms with Gasteiger partial charge in [0.15, 0.2) is 0 Å². The van der Waals surface area contributed by atoms with E-state index in [2.05, 4.69) is 44.3 Å². The van der Waals surface area contributed by atoms with Crippen molar-refractivity contribution in [2.75, 3.05) is 6.54 Å². The van der Waals surface area contributed by atoms with Gasteiger partial charge in [-0.25, -0.2) is 0 Å². The van der Waals surface area contributed by atoms with Crippen LogP contribution >= 0.6 is 0 Å². The maximum absolute atomic E-state index is 10.7. The molecule has 0 saturated carbocycles. The molecule has 2 N–H and O–H groups in total. The minimum Gasteiger partial charge on any atom is -0.380 e. The first kappa shape index (κ1) is 16.3. The molecule has 1 unspecified atom stereocenters. The number of aromatic amines is 1. The van der Waals surface area contributed by atoms with Crippen molar-refractivity contribution in [1.82, 2.24) is 29.4 Å². The lowest BCUT2D eigenvalue weighted by molar-refractivity contribution is 0.196. The Morgan fingerprint density at radius 2 is 2.15 bits per heavy atom. The summed E-state index contributed by atoms with van der Waals surface area (Å²) >= 11 is 0. The van der Waals surface area contributed by atoms with E-state index in [0.717, 1.165) is 37.6 Å². The number of para-hydroxylation sites is 1. The fourth-order valence-corrected chi connectivity index (χ4v) is 3.94. The lowest BCUT2D eigenvalue weighted by Crippen LogP contribution is -2.33. The summed E-state index contributed by atoms with van der Waals surface area (Å²) in [5.74, 6) is 0. The van der Waals surface area contributed by atoms with Crippen LogP contribution in [-0.2, 0) is 26.7 Å². The van der Waals surface area contributed by atoms with E-state index in [1.165, 1.54) is 16.5 Å². The van der Waals surface area contributed by atoms with E-state index >= 15 is 0 Å². The lowest BCUT2D eigenvalue weighted by atomic mass is 10.1. The highest BCUT2D eigenvalue weighted by molar-refractivity contribution is 5.82. The molecule has 7 heteroatoms. The molecule has 138 valence electrons. The standard InChI is InChI=1S/C20H22N6O/c1-24-18(6-8-22-24)20(27)17-11-16-13-25(9-10-26(16)23-17)12-15-4-2-3-14-5-7-21-19(14)15/h2-8,11,20-21,27H,9-10,12-13H2,1H3. The molecule has 1 atom stereocenters. The van der Waals surface area contributed by atoms with Crippen molar-refractivity contribution < 1.29 is 5.11 Å². The number of aliphatic hydroxyl groups excluding tert-OH is 1. The van der Waals surface area contributed by atoms with Crippen molar-refractivity contribution in [3.8, 4) is 0 Å². The van der Waals surface area contributed by atoms with Crippen LogP contribution in [0.2, 0.25) is 0 Å². The van der Waals surface area contributed by atoms with Crippen LogP contribution in [0.5, 0.6) is 0 Å². The number of aryl methyl sites for hydroxylation is 1. The summed E-state index contributed by atoms with van der Waals surface area (Å²) < 4.78 is 3.70. The van der Waals surface area contributed by atoms with Crippen molar-refractivity contribution in [3.05, 3.63) is 71.4 Å². The summed E-state index contributed by atoms with van der Waals surface area (Å²) in [4.78, 5) is 5.77. The van der Waals surface area contributed by atoms with Gasteiger partial charge in [0.2, 0.25) is 0 Å². The summed E-state index contributed by atoms with van der Waals surface area (Å²) in [6, 6.07) is 12.4. The monoisotopic (exact) mass is 362 g/mol. The molecule has 0 spiro atoms. The van der Waals surface area contributed by atoms with Gasteiger partial charge in [-0.15, -0.1) is 0 Å². The highest BCUT2D eigenvalue weighted by atomic mass is 16.3. The minimum absolute atomic E-state index is 0.682. The third kappa shape index (κ3) is 2.85. The van der Waals surface area contributed by atoms with Crippen LogP contribution in [0.1, 0.15) is 28.7 Å². The predicted octanol–water partition coefficient (Wildman–Crippen LogP) is 2.20. The predicted molar refractivity (Wildman–Crippen MR) is 102 cm³/mol. The smallest absolute Gasteiger partial charge is 0.139 e. The first-order valence-corrected chi connectivity index (χ1v) is 9.19. The molecule has 27 heavy (non-hydrogen) atoms. The van der Waals surface area contributed by atoms with Crippen LogP contribution < -0.4 is 0 Å². The Kier molecular flexibility index (Phi) is 3.84. The molecule has 0 saturated heterocycles. The number of hydrogen-bond donors (Lipinski definition) is 2. The van der Waals surface area contributed by atoms with Crippen molar-refractivity contribution in [2.24, 2.45) is 7.05 Å². The lowest BCUT2D eigenvalue weighted by Gasteiger charge is -2.27. The Labute approximate surface area is 156 Å². The molecule has 7 nitrogen and oxygen atoms in total. The molecule has 4 heterocycles. The number of aromatic nitrogens is 5. The fourth-order valence-electron chi connectivity index (χ4n) is 3.94. The summed E-state index contributed by atoms with van der Waals surface area (Å²) in [7, 11) is 1.83. The number of hydrogen-bond acceptors (Lipinski definition) is 4. The van der Waals surface area contributed by atoms with E-state index in [1.54, 1.807) is 10.9 Å². The second-order valence-electron chi connectivity index (χ2n) is 7.14. The van der Waals surface area contributed by atoms with Gasteiger partial charge >= 0.3 is 0 Å². The van der Waals surface area contributed by atoms with Gasteiger partial charge in [0.05, 0.1) is 23.6 Å². The number of aliphatic hydroxyl groups is 1. The van der Waals surface area contributed by atoms with Gasteiger partial charge in [0, 0.05) is 44.6 Å². The van der Waals surface area contributed by atoms with Crippen molar-refractivity contribution in [3.63, 3.8) is 0 Å². The molecule has 5 rings (SSSR count). The summed E-state index contributed by atoms with van der Waals surface area (Å²) in [5, 5.41) is 20.7. The van der Waals surface area contributed by atoms with Gasteiger partial charge in [-0.3, -0.25) is 14.3 Å². The van der Waals surface area contributed by atoms with Crippen LogP contribution in [-0.4, -0.2) is 41.1 Å². The van der Waals surface area contributed by atoms with Crippen molar-refractivity contribution in [1.29, 1.82) is 0 Å². The zero-order valence-corrected chi connectivity index (χ0v) is 15.2. The van der Waals surface area contributed by atoms with Gasteiger partial charge in [-0.05, 0) is 29.1 Å². The number of nitrogens with zero attached hydrogens (tertiary/aromatic N) is 5. The maximum atomic E-state index is 10.7. The third-order valence-corrected chi connectivity index (χ3v) is 5.38. The Bertz CT molecular complexity index is 1090. The topological polar surface area (TPSA) is 74.9 Å². The molecule has 1 aliphatic rings. The molecule has 3 aromatic heterocycles. The molecule has 1 aliphatic heterocycles. The number of H-pyrrole nitrogens is 1. The van der Waals surface area contributed by atoms with Crippen molar-refractivity contribution >= 4 is 10.9 Å². The number of benzene rings is 1. The van der Waals surface area contributed by atoms with Crippen LogP contribution in [0.15, 0.2) is 48.8 Å². The summed E-state index contributed by atoms with van der Waals surface area (Å²) in [6.07, 6.45) is 2.93. The highest BCUT2D eigenvalue weighted by Gasteiger charge is 2.23. The molecular weight excluding hydrogens is 340 g/mol. The molecule has 0 aliphatic carbocycles. The zero-order chi connectivity index (χ0) is 18.4. The average Bonchev–Trinajstić information content (AvgIpc) is 3.40. The first-order chi connectivity index (χ1) is 13.2. The summed E-state index contributed by atoms with van der Waals surface area (Å²) in [6.45, 7) is 3.48. The first-order valence-electron chi connectivity index (χ1n) is 9.19. The molecule has 0 amide bonds. The summed E-state index contributed by atoms with van der Waals surface area (Å²) in [5.41, 5.74) is 5.09. The van der Waals surface area contributed by atoms with E-state index in [1.807, 2.05) is 30.1 Å². The van der Waals surface area contributed by atoms with Crippen LogP contribution in [0.4, 0.5) is 0 Å². The Balaban J connectivity index is 1.36. The maximum Gasteiger partial charge on any atom is 0.139 e. The Morgan fingerprint density at radius 1 is 1.22 bits per heavy atom. The Hall–Kier alpha value is -2.90. The van der Waals surface area contributed by atoms with Crippen LogP contribution in [0.3, 0.4) is 0 Å². The van der Waals surface area contributed by atoms with Gasteiger partial charge < -0.3 is 10.1 Å². The second-order valence-corrected chi connectivity index (χ2v) is 7.14. The molecule has 0 bridgehead atoms. The largest absolute Gasteiger partial charge is 0.380 e. The number of rotatable bonds is 4. The average molecular weight is 362 g/mol. The van der Waals surface area contributed by atoms with Gasteiger partial charge in [0.25, 0.3) is 0 Å². The highest BCUT2D eigenvalue weighted by Crippen LogP contribution is 2.25. The van der Waals surface area contributed by atoms with Crippen molar-refractivity contribution in [2.45, 2.75) is 25.7 Å². The van der Waals surface area contributed by atoms with Crippen LogP contribution in [0.25, 0.3) is 10.9 Å². The fraction of sp³-hybridized carbons (Fsp3) is 0.300. The SMILES string of the molecule is Cn1nccc1C(O)c1cc2n(n1)CCN(Cc1cccc3cc[nH]c13)C2. The van der Waals surface area contributed by atoms with Gasteiger partial charge in [0.1, 0.15) is 6.10 Å². The van der Waals surface area contributed by atoms with Gasteiger partial charge in [-0.1, -0.05) is 18.2 Å². The van der Waals surface area contributed by atoms with E-state index in [-0.39, 0.29) is 0 Å². The van der Waals surface area contributed by atoms with E-state index in [9.17, 15) is 5.11 Å². The van der Waals surface area contributed by atoms with Crippen LogP contribution in [0, 0.1) is 0 Å². The Morgan fingerprint density at radius 3 is 3.00 bits per heavy atom. The molecule has 1 aromatic carbocycles. The number of fused-ring (bicyclic) bond motifs is 2. The van der Waals surface area contributed by atoms with Gasteiger partial charge in [-0.2, -0.15) is 10.2 Å². The molecule has 0 radical (unpaired) electrons. The third-order valence-electron chi connectivity index (χ3n) is 5.38. The molecule has 0 fully saturated rings. The van der Waals surface area contributed by atoms with E-state index in [4.69, 9.17) is 0 Å². The minimum atomic E-state index is -0.753.